The molecule has 0 saturated heterocycles. The Labute approximate surface area is 289 Å². The minimum absolute atomic E-state index is 0.0400. The second-order valence-electron chi connectivity index (χ2n) is 14.8. The van der Waals surface area contributed by atoms with Crippen molar-refractivity contribution in [2.75, 3.05) is 28.7 Å². The van der Waals surface area contributed by atoms with Crippen molar-refractivity contribution in [2.24, 2.45) is 18.9 Å². The first kappa shape index (κ1) is 34.6. The monoisotopic (exact) mass is 687 g/mol. The van der Waals surface area contributed by atoms with Gasteiger partial charge in [0.05, 0.1) is 18.4 Å². The molecule has 50 heavy (non-hydrogen) atoms. The molecule has 1 fully saturated rings. The smallest absolute Gasteiger partial charge is 0.415 e. The number of pyridine rings is 2. The van der Waals surface area contributed by atoms with Gasteiger partial charge in [-0.15, -0.1) is 0 Å². The quantitative estimate of drug-likeness (QED) is 0.227. The molecule has 4 aromatic rings. The molecule has 13 nitrogen and oxygen atoms in total. The molecular weight excluding hydrogens is 645 g/mol. The van der Waals surface area contributed by atoms with Gasteiger partial charge in [-0.1, -0.05) is 6.92 Å². The third-order valence-corrected chi connectivity index (χ3v) is 8.63. The number of aromatic nitrogens is 4. The third kappa shape index (κ3) is 6.92. The summed E-state index contributed by atoms with van der Waals surface area (Å²) in [5, 5.41) is 10.5. The first-order chi connectivity index (χ1) is 23.4. The minimum Gasteiger partial charge on any atom is -0.474 e. The average Bonchev–Trinajstić information content (AvgIpc) is 3.50. The second-order valence-corrected chi connectivity index (χ2v) is 14.8. The SMILES string of the molecule is Cc1c(-c2cc3cc(NC(=O)[C@H]4C(C)C4c4cnn(C)c4)ncc3c(NC(=O)OC(C)(C)C)c2F)cnc2c1N(C(=O)OC(C)(C)C)CCO2. The summed E-state index contributed by atoms with van der Waals surface area (Å²) in [6.45, 7) is 14.6. The molecule has 3 aromatic heterocycles. The fourth-order valence-electron chi connectivity index (χ4n) is 6.37. The molecule has 14 heteroatoms. The van der Waals surface area contributed by atoms with Gasteiger partial charge in [-0.05, 0) is 83.0 Å². The van der Waals surface area contributed by atoms with E-state index in [-0.39, 0.29) is 65.1 Å². The number of carbonyl (C=O) groups is 3. The predicted octanol–water partition coefficient (Wildman–Crippen LogP) is 6.95. The number of hydrogen-bond acceptors (Lipinski definition) is 9. The van der Waals surface area contributed by atoms with Gasteiger partial charge in [0.15, 0.2) is 5.82 Å². The van der Waals surface area contributed by atoms with Gasteiger partial charge < -0.3 is 19.5 Å². The highest BCUT2D eigenvalue weighted by molar-refractivity contribution is 6.05. The van der Waals surface area contributed by atoms with E-state index < -0.39 is 29.2 Å². The van der Waals surface area contributed by atoms with Gasteiger partial charge in [0.1, 0.15) is 29.3 Å². The zero-order chi connectivity index (χ0) is 36.3. The van der Waals surface area contributed by atoms with E-state index in [1.165, 1.54) is 17.3 Å². The Morgan fingerprint density at radius 3 is 2.36 bits per heavy atom. The number of nitrogens with one attached hydrogen (secondary N) is 2. The fraction of sp³-hybridized carbons (Fsp3) is 0.444. The summed E-state index contributed by atoms with van der Waals surface area (Å²) in [5.41, 5.74) is 0.532. The molecule has 3 amide bonds. The Hall–Kier alpha value is -5.27. The first-order valence-electron chi connectivity index (χ1n) is 16.5. The van der Waals surface area contributed by atoms with Crippen molar-refractivity contribution >= 4 is 46.1 Å². The molecule has 2 N–H and O–H groups in total. The zero-order valence-electron chi connectivity index (χ0n) is 29.7. The molecule has 1 aromatic carbocycles. The van der Waals surface area contributed by atoms with E-state index in [9.17, 15) is 14.4 Å². The summed E-state index contributed by atoms with van der Waals surface area (Å²) in [7, 11) is 1.83. The van der Waals surface area contributed by atoms with E-state index >= 15 is 4.39 Å². The van der Waals surface area contributed by atoms with E-state index in [1.807, 2.05) is 20.2 Å². The van der Waals surface area contributed by atoms with Gasteiger partial charge in [-0.2, -0.15) is 5.10 Å². The van der Waals surface area contributed by atoms with Crippen LogP contribution in [0, 0.1) is 24.6 Å². The molecule has 1 aliphatic carbocycles. The van der Waals surface area contributed by atoms with Gasteiger partial charge in [-0.3, -0.25) is 19.7 Å². The Morgan fingerprint density at radius 1 is 0.980 bits per heavy atom. The van der Waals surface area contributed by atoms with Crippen LogP contribution in [0.3, 0.4) is 0 Å². The molecule has 3 atom stereocenters. The number of anilines is 3. The standard InChI is InChI=1S/C36H42FN7O6/c1-18-23(15-39-32-30(18)44(10-11-48-32)34(47)50-36(6,7)8)22-12-20-13-25(41-31(45)27-19(2)26(27)21-14-40-43(9)17-21)38-16-24(20)29(28(22)37)42-33(46)49-35(3,4)5/h12-17,19,26-27H,10-11H2,1-9H3,(H,42,46)(H,38,41,45)/t19?,26?,27-/m0/s1. The van der Waals surface area contributed by atoms with E-state index in [2.05, 4.69) is 25.7 Å². The van der Waals surface area contributed by atoms with Crippen LogP contribution in [-0.2, 0) is 21.3 Å². The summed E-state index contributed by atoms with van der Waals surface area (Å²) in [6, 6.07) is 3.22. The van der Waals surface area contributed by atoms with E-state index in [0.29, 0.717) is 22.2 Å². The van der Waals surface area contributed by atoms with Crippen molar-refractivity contribution in [3.8, 4) is 17.0 Å². The van der Waals surface area contributed by atoms with Crippen molar-refractivity contribution in [1.29, 1.82) is 0 Å². The van der Waals surface area contributed by atoms with Crippen molar-refractivity contribution in [3.05, 3.63) is 53.9 Å². The highest BCUT2D eigenvalue weighted by atomic mass is 19.1. The summed E-state index contributed by atoms with van der Waals surface area (Å²) in [6.07, 6.45) is 5.10. The predicted molar refractivity (Wildman–Crippen MR) is 186 cm³/mol. The van der Waals surface area contributed by atoms with Gasteiger partial charge in [-0.25, -0.2) is 23.9 Å². The lowest BCUT2D eigenvalue weighted by molar-refractivity contribution is -0.117. The number of aryl methyl sites for hydroxylation is 1. The molecule has 1 aliphatic heterocycles. The molecule has 2 aliphatic rings. The summed E-state index contributed by atoms with van der Waals surface area (Å²) in [4.78, 5) is 49.9. The number of carbonyl (C=O) groups excluding carboxylic acids is 3. The van der Waals surface area contributed by atoms with Crippen LogP contribution in [-0.4, -0.2) is 62.2 Å². The maximum atomic E-state index is 16.7. The summed E-state index contributed by atoms with van der Waals surface area (Å²) >= 11 is 0. The third-order valence-electron chi connectivity index (χ3n) is 8.63. The van der Waals surface area contributed by atoms with Crippen LogP contribution in [0.5, 0.6) is 5.88 Å². The van der Waals surface area contributed by atoms with Crippen molar-refractivity contribution in [2.45, 2.75) is 72.5 Å². The largest absolute Gasteiger partial charge is 0.474 e. The lowest BCUT2D eigenvalue weighted by Crippen LogP contribution is -2.42. The highest BCUT2D eigenvalue weighted by Crippen LogP contribution is 2.54. The van der Waals surface area contributed by atoms with Crippen LogP contribution in [0.2, 0.25) is 0 Å². The number of fused-ring (bicyclic) bond motifs is 2. The van der Waals surface area contributed by atoms with Gasteiger partial charge >= 0.3 is 12.2 Å². The topological polar surface area (TPSA) is 150 Å². The molecule has 4 heterocycles. The van der Waals surface area contributed by atoms with Gasteiger partial charge in [0.25, 0.3) is 0 Å². The van der Waals surface area contributed by atoms with Crippen molar-refractivity contribution in [1.82, 2.24) is 19.7 Å². The van der Waals surface area contributed by atoms with Gasteiger partial charge in [0.2, 0.25) is 11.8 Å². The molecule has 0 spiro atoms. The summed E-state index contributed by atoms with van der Waals surface area (Å²) in [5.74, 6) is -0.582. The highest BCUT2D eigenvalue weighted by Gasteiger charge is 2.53. The van der Waals surface area contributed by atoms with Crippen LogP contribution in [0.15, 0.2) is 36.9 Å². The molecular formula is C36H42FN7O6. The average molecular weight is 688 g/mol. The van der Waals surface area contributed by atoms with Crippen molar-refractivity contribution in [3.63, 3.8) is 0 Å². The maximum Gasteiger partial charge on any atom is 0.415 e. The number of amides is 3. The molecule has 0 bridgehead atoms. The lowest BCUT2D eigenvalue weighted by Gasteiger charge is -2.32. The Balaban J connectivity index is 1.41. The van der Waals surface area contributed by atoms with Crippen molar-refractivity contribution < 1.29 is 33.0 Å². The Morgan fingerprint density at radius 2 is 1.70 bits per heavy atom. The molecule has 264 valence electrons. The van der Waals surface area contributed by atoms with Crippen LogP contribution < -0.4 is 20.3 Å². The zero-order valence-corrected chi connectivity index (χ0v) is 29.7. The maximum absolute atomic E-state index is 16.7. The van der Waals surface area contributed by atoms with Crippen LogP contribution in [0.25, 0.3) is 21.9 Å². The van der Waals surface area contributed by atoms with Crippen LogP contribution >= 0.6 is 0 Å². The molecule has 2 unspecified atom stereocenters. The number of ether oxygens (including phenoxy) is 3. The second kappa shape index (κ2) is 12.6. The number of hydrogen-bond donors (Lipinski definition) is 2. The summed E-state index contributed by atoms with van der Waals surface area (Å²) < 4.78 is 35.3. The lowest BCUT2D eigenvalue weighted by atomic mass is 9.96. The van der Waals surface area contributed by atoms with E-state index in [4.69, 9.17) is 14.2 Å². The van der Waals surface area contributed by atoms with Crippen LogP contribution in [0.4, 0.5) is 31.2 Å². The first-order valence-corrected chi connectivity index (χ1v) is 16.5. The number of nitrogens with zero attached hydrogens (tertiary/aromatic N) is 5. The van der Waals surface area contributed by atoms with Gasteiger partial charge in [0, 0.05) is 54.0 Å². The number of benzene rings is 1. The van der Waals surface area contributed by atoms with Crippen LogP contribution in [0.1, 0.15) is 65.5 Å². The molecule has 6 rings (SSSR count). The molecule has 1 saturated carbocycles. The normalized spacial score (nSPS) is 18.6. The Kier molecular flexibility index (Phi) is 8.69. The minimum atomic E-state index is -0.860. The Bertz CT molecular complexity index is 2010. The molecule has 0 radical (unpaired) electrons. The van der Waals surface area contributed by atoms with E-state index in [1.54, 1.807) is 71.5 Å². The number of rotatable bonds is 5. The van der Waals surface area contributed by atoms with E-state index in [0.717, 1.165) is 5.56 Å². The fourth-order valence-corrected chi connectivity index (χ4v) is 6.37. The number of halogens is 1.